The van der Waals surface area contributed by atoms with Crippen LogP contribution in [0.3, 0.4) is 0 Å². The molecule has 0 nitrogen and oxygen atoms in total. The van der Waals surface area contributed by atoms with E-state index in [1.165, 1.54) is 14.7 Å². The molecule has 1 aliphatic rings. The standard InChI is InChI=1S/C5H5.2C2H5.Zr/c1-2-4-5-3-1;2*1-2;/h1-3H,4H2;2*1H2,2H3;. The Hall–Kier alpha value is 0.363. The molecular weight excluding hydrogens is 199 g/mol. The summed E-state index contributed by atoms with van der Waals surface area (Å²) in [5.74, 6) is 0. The quantitative estimate of drug-likeness (QED) is 0.676. The first-order valence-corrected chi connectivity index (χ1v) is 8.79. The molecule has 0 bridgehead atoms. The first kappa shape index (κ1) is 8.46. The van der Waals surface area contributed by atoms with E-state index in [0.717, 1.165) is 0 Å². The molecule has 0 unspecified atom stereocenters. The van der Waals surface area contributed by atoms with Crippen LogP contribution in [0, 0.1) is 0 Å². The van der Waals surface area contributed by atoms with Crippen LogP contribution in [-0.4, -0.2) is 0 Å². The van der Waals surface area contributed by atoms with Gasteiger partial charge >= 0.3 is 71.8 Å². The molecular formula is C9H15Zr. The Labute approximate surface area is 71.7 Å². The summed E-state index contributed by atoms with van der Waals surface area (Å²) < 4.78 is 4.81. The molecule has 0 aliphatic heterocycles. The van der Waals surface area contributed by atoms with E-state index >= 15 is 0 Å². The van der Waals surface area contributed by atoms with Crippen molar-refractivity contribution in [1.29, 1.82) is 0 Å². The van der Waals surface area contributed by atoms with Gasteiger partial charge in [0.05, 0.1) is 0 Å². The molecule has 55 valence electrons. The summed E-state index contributed by atoms with van der Waals surface area (Å²) in [6, 6.07) is 0. The van der Waals surface area contributed by atoms with Gasteiger partial charge in [0.25, 0.3) is 0 Å². The van der Waals surface area contributed by atoms with Gasteiger partial charge in [0.15, 0.2) is 0 Å². The van der Waals surface area contributed by atoms with Crippen LogP contribution in [0.2, 0.25) is 8.26 Å². The van der Waals surface area contributed by atoms with Crippen LogP contribution in [0.15, 0.2) is 21.5 Å². The Morgan fingerprint density at radius 2 is 2.10 bits per heavy atom. The molecule has 1 aliphatic carbocycles. The summed E-state index contributed by atoms with van der Waals surface area (Å²) in [6.45, 7) is 4.72. The molecule has 0 aromatic rings. The maximum absolute atomic E-state index is 2.36. The van der Waals surface area contributed by atoms with E-state index in [9.17, 15) is 0 Å². The van der Waals surface area contributed by atoms with Crippen molar-refractivity contribution in [3.8, 4) is 0 Å². The van der Waals surface area contributed by atoms with E-state index in [0.29, 0.717) is 0 Å². The van der Waals surface area contributed by atoms with Crippen LogP contribution >= 0.6 is 0 Å². The second-order valence-corrected chi connectivity index (χ2v) is 10.7. The summed E-state index contributed by atoms with van der Waals surface area (Å²) in [7, 11) is 0. The van der Waals surface area contributed by atoms with Gasteiger partial charge in [0.2, 0.25) is 0 Å². The normalized spacial score (nSPS) is 15.6. The van der Waals surface area contributed by atoms with E-state index in [1.54, 1.807) is 0 Å². The Morgan fingerprint density at radius 3 is 2.50 bits per heavy atom. The van der Waals surface area contributed by atoms with Gasteiger partial charge in [0.1, 0.15) is 0 Å². The van der Waals surface area contributed by atoms with Gasteiger partial charge in [-0.15, -0.1) is 0 Å². The Kier molecular flexibility index (Phi) is 3.62. The molecule has 0 aromatic carbocycles. The average Bonchev–Trinajstić information content (AvgIpc) is 2.43. The third-order valence-electron chi connectivity index (χ3n) is 2.08. The van der Waals surface area contributed by atoms with Crippen molar-refractivity contribution < 1.29 is 21.8 Å². The van der Waals surface area contributed by atoms with Crippen molar-refractivity contribution >= 4 is 0 Å². The van der Waals surface area contributed by atoms with E-state index in [4.69, 9.17) is 0 Å². The summed E-state index contributed by atoms with van der Waals surface area (Å²) in [6.07, 6.45) is 8.17. The Balaban J connectivity index is 2.47. The predicted molar refractivity (Wildman–Crippen MR) is 42.8 cm³/mol. The number of allylic oxidation sites excluding steroid dienone is 4. The second kappa shape index (κ2) is 4.28. The monoisotopic (exact) mass is 213 g/mol. The van der Waals surface area contributed by atoms with Crippen LogP contribution in [0.25, 0.3) is 0 Å². The minimum atomic E-state index is -0.982. The summed E-state index contributed by atoms with van der Waals surface area (Å²) in [5, 5.41) is 0. The van der Waals surface area contributed by atoms with Crippen LogP contribution in [0.5, 0.6) is 0 Å². The molecule has 0 heterocycles. The maximum atomic E-state index is 2.36. The van der Waals surface area contributed by atoms with E-state index in [2.05, 4.69) is 32.1 Å². The number of hydrogen-bond acceptors (Lipinski definition) is 0. The van der Waals surface area contributed by atoms with Crippen LogP contribution in [0.4, 0.5) is 0 Å². The topological polar surface area (TPSA) is 0 Å². The molecule has 0 N–H and O–H groups in total. The Bertz CT molecular complexity index is 152. The minimum absolute atomic E-state index is 0.982. The predicted octanol–water partition coefficient (Wildman–Crippen LogP) is 3.32. The zero-order chi connectivity index (χ0) is 7.40. The van der Waals surface area contributed by atoms with Crippen LogP contribution in [-0.2, 0) is 21.8 Å². The molecule has 0 amide bonds. The molecule has 0 spiro atoms. The van der Waals surface area contributed by atoms with Gasteiger partial charge in [-0.1, -0.05) is 0 Å². The van der Waals surface area contributed by atoms with Gasteiger partial charge < -0.3 is 0 Å². The van der Waals surface area contributed by atoms with Gasteiger partial charge in [-0.25, -0.2) is 0 Å². The van der Waals surface area contributed by atoms with Gasteiger partial charge in [-0.2, -0.15) is 0 Å². The SMILES string of the molecule is C[CH2][Zr]([CH2]C)[C]1=CC=CC1. The molecule has 0 radical (unpaired) electrons. The van der Waals surface area contributed by atoms with Gasteiger partial charge in [-0.05, 0) is 0 Å². The van der Waals surface area contributed by atoms with Crippen LogP contribution in [0.1, 0.15) is 20.3 Å². The van der Waals surface area contributed by atoms with Gasteiger partial charge in [-0.3, -0.25) is 0 Å². The Morgan fingerprint density at radius 1 is 1.40 bits per heavy atom. The van der Waals surface area contributed by atoms with Crippen LogP contribution < -0.4 is 0 Å². The molecule has 10 heavy (non-hydrogen) atoms. The summed E-state index contributed by atoms with van der Waals surface area (Å²) in [5.41, 5.74) is 0. The molecule has 0 atom stereocenters. The second-order valence-electron chi connectivity index (χ2n) is 2.63. The fourth-order valence-corrected chi connectivity index (χ4v) is 6.69. The summed E-state index contributed by atoms with van der Waals surface area (Å²) >= 11 is -0.982. The average molecular weight is 214 g/mol. The summed E-state index contributed by atoms with van der Waals surface area (Å²) in [4.78, 5) is 0. The molecule has 1 heteroatoms. The van der Waals surface area contributed by atoms with Crippen molar-refractivity contribution in [2.24, 2.45) is 0 Å². The fraction of sp³-hybridized carbons (Fsp3) is 0.556. The van der Waals surface area contributed by atoms with Crippen molar-refractivity contribution in [2.45, 2.75) is 28.5 Å². The third-order valence-corrected chi connectivity index (χ3v) is 9.42. The first-order chi connectivity index (χ1) is 4.88. The van der Waals surface area contributed by atoms with Crippen molar-refractivity contribution in [1.82, 2.24) is 0 Å². The van der Waals surface area contributed by atoms with Crippen molar-refractivity contribution in [2.75, 3.05) is 0 Å². The molecule has 0 saturated carbocycles. The fourth-order valence-electron chi connectivity index (χ4n) is 1.41. The third kappa shape index (κ3) is 1.92. The molecule has 0 aromatic heterocycles. The number of rotatable bonds is 3. The molecule has 0 saturated heterocycles. The number of hydrogen-bond donors (Lipinski definition) is 0. The van der Waals surface area contributed by atoms with Crippen molar-refractivity contribution in [3.05, 3.63) is 21.5 Å². The van der Waals surface area contributed by atoms with Crippen molar-refractivity contribution in [3.63, 3.8) is 0 Å². The molecule has 0 fully saturated rings. The van der Waals surface area contributed by atoms with E-state index < -0.39 is 21.8 Å². The zero-order valence-electron chi connectivity index (χ0n) is 6.85. The van der Waals surface area contributed by atoms with Gasteiger partial charge in [0, 0.05) is 0 Å². The zero-order valence-corrected chi connectivity index (χ0v) is 9.31. The first-order valence-electron chi connectivity index (χ1n) is 4.09. The van der Waals surface area contributed by atoms with E-state index in [-0.39, 0.29) is 0 Å². The molecule has 1 rings (SSSR count). The van der Waals surface area contributed by atoms with E-state index in [1.807, 2.05) is 3.28 Å².